The van der Waals surface area contributed by atoms with Crippen LogP contribution in [0.1, 0.15) is 30.9 Å². The molecule has 2 heterocycles. The molecular formula is C11H16F2N6. The van der Waals surface area contributed by atoms with Crippen molar-refractivity contribution in [3.63, 3.8) is 0 Å². The molecule has 2 rings (SSSR count). The molecule has 0 aliphatic carbocycles. The van der Waals surface area contributed by atoms with E-state index < -0.39 is 6.55 Å². The summed E-state index contributed by atoms with van der Waals surface area (Å²) in [5.74, 6) is 0.258. The molecule has 0 fully saturated rings. The number of hydrogen-bond donors (Lipinski definition) is 1. The molecule has 19 heavy (non-hydrogen) atoms. The van der Waals surface area contributed by atoms with Gasteiger partial charge in [-0.15, -0.1) is 5.10 Å². The quantitative estimate of drug-likeness (QED) is 0.767. The van der Waals surface area contributed by atoms with Crippen LogP contribution in [0.15, 0.2) is 18.6 Å². The van der Waals surface area contributed by atoms with Crippen LogP contribution in [-0.2, 0) is 13.0 Å². The average molecular weight is 270 g/mol. The van der Waals surface area contributed by atoms with Crippen molar-refractivity contribution in [2.75, 3.05) is 6.54 Å². The van der Waals surface area contributed by atoms with E-state index in [1.807, 2.05) is 0 Å². The van der Waals surface area contributed by atoms with Gasteiger partial charge in [0.05, 0.1) is 5.69 Å². The van der Waals surface area contributed by atoms with Crippen molar-refractivity contribution in [3.05, 3.63) is 30.1 Å². The lowest BCUT2D eigenvalue weighted by molar-refractivity contribution is 0.0665. The highest BCUT2D eigenvalue weighted by Gasteiger charge is 2.12. The van der Waals surface area contributed by atoms with E-state index in [0.717, 1.165) is 29.5 Å². The molecule has 104 valence electrons. The van der Waals surface area contributed by atoms with Crippen molar-refractivity contribution in [2.24, 2.45) is 5.73 Å². The fraction of sp³-hybridized carbons (Fsp3) is 0.545. The molecule has 2 aromatic heterocycles. The third-order valence-corrected chi connectivity index (χ3v) is 2.74. The molecule has 0 atom stereocenters. The van der Waals surface area contributed by atoms with E-state index in [4.69, 9.17) is 5.73 Å². The molecule has 0 saturated heterocycles. The highest BCUT2D eigenvalue weighted by atomic mass is 19.3. The van der Waals surface area contributed by atoms with Crippen LogP contribution >= 0.6 is 0 Å². The van der Waals surface area contributed by atoms with E-state index >= 15 is 0 Å². The van der Waals surface area contributed by atoms with Gasteiger partial charge in [-0.05, 0) is 25.8 Å². The number of rotatable bonds is 7. The van der Waals surface area contributed by atoms with Gasteiger partial charge in [0.1, 0.15) is 12.4 Å². The second-order valence-corrected chi connectivity index (χ2v) is 4.18. The Kier molecular flexibility index (Phi) is 4.56. The van der Waals surface area contributed by atoms with E-state index in [0.29, 0.717) is 6.54 Å². The molecule has 0 unspecified atom stereocenters. The zero-order valence-corrected chi connectivity index (χ0v) is 10.4. The smallest absolute Gasteiger partial charge is 0.319 e. The molecule has 0 aromatic carbocycles. The Morgan fingerprint density at radius 3 is 2.89 bits per heavy atom. The van der Waals surface area contributed by atoms with Crippen LogP contribution in [0.2, 0.25) is 0 Å². The maximum atomic E-state index is 12.6. The van der Waals surface area contributed by atoms with Crippen LogP contribution in [0, 0.1) is 0 Å². The van der Waals surface area contributed by atoms with E-state index in [9.17, 15) is 8.78 Å². The van der Waals surface area contributed by atoms with Gasteiger partial charge in [0.2, 0.25) is 0 Å². The largest absolute Gasteiger partial charge is 0.330 e. The van der Waals surface area contributed by atoms with E-state index in [1.54, 1.807) is 6.20 Å². The number of nitrogens with two attached hydrogens (primary N) is 1. The fourth-order valence-corrected chi connectivity index (χ4v) is 1.77. The fourth-order valence-electron chi connectivity index (χ4n) is 1.77. The van der Waals surface area contributed by atoms with Gasteiger partial charge < -0.3 is 5.73 Å². The second-order valence-electron chi connectivity index (χ2n) is 4.18. The molecule has 0 saturated carbocycles. The number of hydrogen-bond acceptors (Lipinski definition) is 4. The van der Waals surface area contributed by atoms with Gasteiger partial charge in [-0.3, -0.25) is 4.57 Å². The van der Waals surface area contributed by atoms with Gasteiger partial charge in [0, 0.05) is 18.6 Å². The van der Waals surface area contributed by atoms with Crippen LogP contribution in [0.25, 0.3) is 0 Å². The number of alkyl halides is 2. The number of aryl methyl sites for hydroxylation is 1. The van der Waals surface area contributed by atoms with Crippen molar-refractivity contribution in [2.45, 2.75) is 32.4 Å². The third kappa shape index (κ3) is 3.57. The van der Waals surface area contributed by atoms with Gasteiger partial charge in [0.25, 0.3) is 0 Å². The first-order chi connectivity index (χ1) is 9.20. The molecule has 0 aliphatic heterocycles. The average Bonchev–Trinajstić information content (AvgIpc) is 2.99. The highest BCUT2D eigenvalue weighted by molar-refractivity contribution is 4.97. The maximum Gasteiger partial charge on any atom is 0.319 e. The first kappa shape index (κ1) is 13.6. The van der Waals surface area contributed by atoms with Crippen molar-refractivity contribution in [1.82, 2.24) is 24.5 Å². The maximum absolute atomic E-state index is 12.6. The SMILES string of the molecule is NCCCCc1cn(Cc2nccn2C(F)F)nn1. The van der Waals surface area contributed by atoms with Crippen LogP contribution in [0.3, 0.4) is 0 Å². The number of aromatic nitrogens is 5. The molecule has 6 nitrogen and oxygen atoms in total. The molecule has 0 spiro atoms. The third-order valence-electron chi connectivity index (χ3n) is 2.74. The molecule has 2 N–H and O–H groups in total. The summed E-state index contributed by atoms with van der Waals surface area (Å²) < 4.78 is 27.6. The Hall–Kier alpha value is -1.83. The summed E-state index contributed by atoms with van der Waals surface area (Å²) in [7, 11) is 0. The predicted molar refractivity (Wildman–Crippen MR) is 64.6 cm³/mol. The van der Waals surface area contributed by atoms with Gasteiger partial charge in [-0.25, -0.2) is 9.67 Å². The molecule has 0 bridgehead atoms. The number of nitrogens with zero attached hydrogens (tertiary/aromatic N) is 5. The normalized spacial score (nSPS) is 11.4. The summed E-state index contributed by atoms with van der Waals surface area (Å²) in [6, 6.07) is 0. The lowest BCUT2D eigenvalue weighted by atomic mass is 10.2. The van der Waals surface area contributed by atoms with Crippen LogP contribution in [-0.4, -0.2) is 31.1 Å². The molecule has 2 aromatic rings. The summed E-state index contributed by atoms with van der Waals surface area (Å²) in [4.78, 5) is 3.90. The molecule has 0 aliphatic rings. The zero-order valence-electron chi connectivity index (χ0n) is 10.4. The van der Waals surface area contributed by atoms with Crippen molar-refractivity contribution < 1.29 is 8.78 Å². The molecule has 0 amide bonds. The summed E-state index contributed by atoms with van der Waals surface area (Å²) in [5, 5.41) is 7.90. The lowest BCUT2D eigenvalue weighted by Gasteiger charge is -2.05. The summed E-state index contributed by atoms with van der Waals surface area (Å²) in [5.41, 5.74) is 6.25. The van der Waals surface area contributed by atoms with Crippen molar-refractivity contribution in [1.29, 1.82) is 0 Å². The van der Waals surface area contributed by atoms with Gasteiger partial charge in [-0.2, -0.15) is 8.78 Å². The minimum absolute atomic E-state index is 0.182. The molecular weight excluding hydrogens is 254 g/mol. The predicted octanol–water partition coefficient (Wildman–Crippen LogP) is 1.20. The minimum Gasteiger partial charge on any atom is -0.330 e. The van der Waals surface area contributed by atoms with Gasteiger partial charge >= 0.3 is 6.55 Å². The first-order valence-electron chi connectivity index (χ1n) is 6.09. The Balaban J connectivity index is 1.97. The monoisotopic (exact) mass is 270 g/mol. The Morgan fingerprint density at radius 1 is 1.32 bits per heavy atom. The second kappa shape index (κ2) is 6.37. The first-order valence-corrected chi connectivity index (χ1v) is 6.09. The minimum atomic E-state index is -2.59. The summed E-state index contributed by atoms with van der Waals surface area (Å²) >= 11 is 0. The number of unbranched alkanes of at least 4 members (excludes halogenated alkanes) is 1. The zero-order chi connectivity index (χ0) is 13.7. The Morgan fingerprint density at radius 2 is 2.16 bits per heavy atom. The molecule has 8 heteroatoms. The molecule has 0 radical (unpaired) electrons. The van der Waals surface area contributed by atoms with Gasteiger partial charge in [-0.1, -0.05) is 5.21 Å². The number of halogens is 2. The van der Waals surface area contributed by atoms with Gasteiger partial charge in [0.15, 0.2) is 0 Å². The van der Waals surface area contributed by atoms with Crippen LogP contribution < -0.4 is 5.73 Å². The van der Waals surface area contributed by atoms with Crippen molar-refractivity contribution in [3.8, 4) is 0 Å². The Labute approximate surface area is 109 Å². The van der Waals surface area contributed by atoms with Crippen molar-refractivity contribution >= 4 is 0 Å². The lowest BCUT2D eigenvalue weighted by Crippen LogP contribution is -2.09. The topological polar surface area (TPSA) is 74.6 Å². The Bertz CT molecular complexity index is 507. The summed E-state index contributed by atoms with van der Waals surface area (Å²) in [6.07, 6.45) is 7.02. The standard InChI is InChI=1S/C11H16F2N6/c12-11(13)19-6-5-15-10(19)8-18-7-9(16-17-18)3-1-2-4-14/h5-7,11H,1-4,8,14H2. The highest BCUT2D eigenvalue weighted by Crippen LogP contribution is 2.13. The van der Waals surface area contributed by atoms with Crippen LogP contribution in [0.5, 0.6) is 0 Å². The summed E-state index contributed by atoms with van der Waals surface area (Å²) in [6.45, 7) is -1.76. The van der Waals surface area contributed by atoms with E-state index in [2.05, 4.69) is 15.3 Å². The van der Waals surface area contributed by atoms with E-state index in [-0.39, 0.29) is 12.4 Å². The van der Waals surface area contributed by atoms with Crippen LogP contribution in [0.4, 0.5) is 8.78 Å². The number of imidazole rings is 1. The van der Waals surface area contributed by atoms with E-state index in [1.165, 1.54) is 17.1 Å².